The smallest absolute Gasteiger partial charge is 0.340 e. The lowest BCUT2D eigenvalue weighted by Gasteiger charge is -2.11. The third-order valence-corrected chi connectivity index (χ3v) is 3.82. The van der Waals surface area contributed by atoms with Gasteiger partial charge in [-0.2, -0.15) is 0 Å². The number of rotatable bonds is 7. The summed E-state index contributed by atoms with van der Waals surface area (Å²) in [6, 6.07) is 11.5. The fraction of sp³-hybridized carbons (Fsp3) is 0.100. The van der Waals surface area contributed by atoms with Crippen molar-refractivity contribution in [1.82, 2.24) is 0 Å². The van der Waals surface area contributed by atoms with Crippen LogP contribution in [-0.4, -0.2) is 18.5 Å². The number of esters is 1. The minimum absolute atomic E-state index is 0.172. The first-order chi connectivity index (χ1) is 14.0. The first-order valence-corrected chi connectivity index (χ1v) is 8.41. The number of ether oxygens (including phenoxy) is 1. The SMILES string of the molecule is O=C(COC(=O)c1ccccc1NCc1ccco1)Nc1ccc(F)c(F)c1F. The van der Waals surface area contributed by atoms with E-state index in [0.29, 0.717) is 24.1 Å². The predicted octanol–water partition coefficient (Wildman–Crippen LogP) is 4.10. The van der Waals surface area contributed by atoms with Crippen LogP contribution >= 0.6 is 0 Å². The van der Waals surface area contributed by atoms with Gasteiger partial charge in [0.25, 0.3) is 5.91 Å². The molecule has 6 nitrogen and oxygen atoms in total. The second-order valence-electron chi connectivity index (χ2n) is 5.83. The van der Waals surface area contributed by atoms with Crippen molar-refractivity contribution in [1.29, 1.82) is 0 Å². The zero-order valence-electron chi connectivity index (χ0n) is 14.9. The molecule has 0 aliphatic carbocycles. The lowest BCUT2D eigenvalue weighted by atomic mass is 10.2. The molecule has 2 N–H and O–H groups in total. The summed E-state index contributed by atoms with van der Waals surface area (Å²) >= 11 is 0. The number of hydrogen-bond donors (Lipinski definition) is 2. The first-order valence-electron chi connectivity index (χ1n) is 8.41. The molecule has 0 radical (unpaired) electrons. The lowest BCUT2D eigenvalue weighted by Crippen LogP contribution is -2.22. The monoisotopic (exact) mass is 404 g/mol. The molecular formula is C20H15F3N2O4. The molecule has 1 aromatic heterocycles. The number of nitrogens with one attached hydrogen (secondary N) is 2. The van der Waals surface area contributed by atoms with Crippen LogP contribution in [0.2, 0.25) is 0 Å². The Morgan fingerprint density at radius 2 is 1.72 bits per heavy atom. The zero-order valence-corrected chi connectivity index (χ0v) is 14.9. The van der Waals surface area contributed by atoms with Gasteiger partial charge in [-0.25, -0.2) is 18.0 Å². The van der Waals surface area contributed by atoms with E-state index < -0.39 is 41.6 Å². The molecular weight excluding hydrogens is 389 g/mol. The van der Waals surface area contributed by atoms with Crippen LogP contribution in [0.15, 0.2) is 59.2 Å². The van der Waals surface area contributed by atoms with Gasteiger partial charge in [0.2, 0.25) is 0 Å². The molecule has 0 aliphatic heterocycles. The highest BCUT2D eigenvalue weighted by Crippen LogP contribution is 2.20. The lowest BCUT2D eigenvalue weighted by molar-refractivity contribution is -0.119. The summed E-state index contributed by atoms with van der Waals surface area (Å²) in [5.74, 6) is -5.70. The molecule has 150 valence electrons. The Bertz CT molecular complexity index is 1020. The van der Waals surface area contributed by atoms with Gasteiger partial charge in [-0.15, -0.1) is 0 Å². The number of para-hydroxylation sites is 1. The number of benzene rings is 2. The van der Waals surface area contributed by atoms with Crippen molar-refractivity contribution in [3.63, 3.8) is 0 Å². The molecule has 29 heavy (non-hydrogen) atoms. The summed E-state index contributed by atoms with van der Waals surface area (Å²) in [6.07, 6.45) is 1.52. The summed E-state index contributed by atoms with van der Waals surface area (Å²) in [5.41, 5.74) is 0.0669. The van der Waals surface area contributed by atoms with Gasteiger partial charge in [0.05, 0.1) is 24.1 Å². The van der Waals surface area contributed by atoms with E-state index in [1.807, 2.05) is 5.32 Å². The number of carbonyl (C=O) groups is 2. The molecule has 0 fully saturated rings. The third kappa shape index (κ3) is 4.95. The highest BCUT2D eigenvalue weighted by Gasteiger charge is 2.17. The van der Waals surface area contributed by atoms with Crippen molar-refractivity contribution >= 4 is 23.3 Å². The van der Waals surface area contributed by atoms with Crippen LogP contribution in [0.4, 0.5) is 24.5 Å². The Morgan fingerprint density at radius 3 is 2.48 bits per heavy atom. The summed E-state index contributed by atoms with van der Waals surface area (Å²) in [7, 11) is 0. The van der Waals surface area contributed by atoms with Gasteiger partial charge >= 0.3 is 5.97 Å². The molecule has 0 atom stereocenters. The molecule has 9 heteroatoms. The Labute approximate surface area is 163 Å². The van der Waals surface area contributed by atoms with Gasteiger partial charge in [0.1, 0.15) is 5.76 Å². The second kappa shape index (κ2) is 8.96. The van der Waals surface area contributed by atoms with E-state index in [4.69, 9.17) is 9.15 Å². The first kappa shape index (κ1) is 20.0. The van der Waals surface area contributed by atoms with E-state index in [1.54, 1.807) is 30.3 Å². The van der Waals surface area contributed by atoms with Gasteiger partial charge in [0.15, 0.2) is 24.1 Å². The third-order valence-electron chi connectivity index (χ3n) is 3.82. The van der Waals surface area contributed by atoms with Gasteiger partial charge < -0.3 is 19.8 Å². The van der Waals surface area contributed by atoms with Crippen LogP contribution < -0.4 is 10.6 Å². The number of furan rings is 1. The summed E-state index contributed by atoms with van der Waals surface area (Å²) in [4.78, 5) is 24.2. The molecule has 1 heterocycles. The van der Waals surface area contributed by atoms with Crippen molar-refractivity contribution in [3.8, 4) is 0 Å². The van der Waals surface area contributed by atoms with E-state index in [2.05, 4.69) is 5.32 Å². The zero-order chi connectivity index (χ0) is 20.8. The van der Waals surface area contributed by atoms with E-state index >= 15 is 0 Å². The van der Waals surface area contributed by atoms with E-state index in [1.165, 1.54) is 12.3 Å². The predicted molar refractivity (Wildman–Crippen MR) is 97.7 cm³/mol. The van der Waals surface area contributed by atoms with Crippen LogP contribution in [0.1, 0.15) is 16.1 Å². The van der Waals surface area contributed by atoms with Crippen molar-refractivity contribution in [2.45, 2.75) is 6.54 Å². The molecule has 0 saturated heterocycles. The molecule has 0 bridgehead atoms. The number of amides is 1. The maximum atomic E-state index is 13.6. The molecule has 2 aromatic carbocycles. The highest BCUT2D eigenvalue weighted by molar-refractivity contribution is 5.98. The molecule has 1 amide bonds. The van der Waals surface area contributed by atoms with Gasteiger partial charge in [0, 0.05) is 5.69 Å². The van der Waals surface area contributed by atoms with Crippen LogP contribution in [0, 0.1) is 17.5 Å². The largest absolute Gasteiger partial charge is 0.467 e. The Hall–Kier alpha value is -3.75. The summed E-state index contributed by atoms with van der Waals surface area (Å²) in [6.45, 7) is -0.420. The van der Waals surface area contributed by atoms with Crippen molar-refractivity contribution in [3.05, 3.63) is 83.6 Å². The minimum Gasteiger partial charge on any atom is -0.467 e. The Morgan fingerprint density at radius 1 is 0.931 bits per heavy atom. The maximum absolute atomic E-state index is 13.6. The number of halogens is 3. The van der Waals surface area contributed by atoms with Crippen LogP contribution in [0.25, 0.3) is 0 Å². The van der Waals surface area contributed by atoms with Crippen molar-refractivity contribution in [2.75, 3.05) is 17.2 Å². The van der Waals surface area contributed by atoms with Gasteiger partial charge in [-0.05, 0) is 36.4 Å². The molecule has 3 rings (SSSR count). The molecule has 3 aromatic rings. The fourth-order valence-electron chi connectivity index (χ4n) is 2.43. The second-order valence-corrected chi connectivity index (χ2v) is 5.83. The average Bonchev–Trinajstić information content (AvgIpc) is 3.25. The highest BCUT2D eigenvalue weighted by atomic mass is 19.2. The van der Waals surface area contributed by atoms with Crippen LogP contribution in [0.5, 0.6) is 0 Å². The number of hydrogen-bond acceptors (Lipinski definition) is 5. The summed E-state index contributed by atoms with van der Waals surface area (Å²) < 4.78 is 49.8. The van der Waals surface area contributed by atoms with E-state index in [0.717, 1.165) is 6.07 Å². The van der Waals surface area contributed by atoms with Crippen molar-refractivity contribution < 1.29 is 31.9 Å². The van der Waals surface area contributed by atoms with E-state index in [9.17, 15) is 22.8 Å². The quantitative estimate of drug-likeness (QED) is 0.458. The topological polar surface area (TPSA) is 80.6 Å². The van der Waals surface area contributed by atoms with Crippen LogP contribution in [0.3, 0.4) is 0 Å². The summed E-state index contributed by atoms with van der Waals surface area (Å²) in [5, 5.41) is 5.04. The van der Waals surface area contributed by atoms with Crippen molar-refractivity contribution in [2.24, 2.45) is 0 Å². The maximum Gasteiger partial charge on any atom is 0.340 e. The van der Waals surface area contributed by atoms with E-state index in [-0.39, 0.29) is 5.56 Å². The van der Waals surface area contributed by atoms with Crippen LogP contribution in [-0.2, 0) is 16.1 Å². The minimum atomic E-state index is -1.71. The number of anilines is 2. The number of carbonyl (C=O) groups excluding carboxylic acids is 2. The molecule has 0 spiro atoms. The van der Waals surface area contributed by atoms with Gasteiger partial charge in [-0.1, -0.05) is 12.1 Å². The fourth-order valence-corrected chi connectivity index (χ4v) is 2.43. The molecule has 0 unspecified atom stereocenters. The standard InChI is InChI=1S/C20H15F3N2O4/c21-14-7-8-16(19(23)18(14)22)25-17(26)11-29-20(27)13-5-1-2-6-15(13)24-10-12-4-3-9-28-12/h1-9,24H,10-11H2,(H,25,26). The molecule has 0 aliphatic rings. The Balaban J connectivity index is 1.59. The Kier molecular flexibility index (Phi) is 6.18. The van der Waals surface area contributed by atoms with Gasteiger partial charge in [-0.3, -0.25) is 4.79 Å². The normalized spacial score (nSPS) is 10.4. The molecule has 0 saturated carbocycles. The average molecular weight is 404 g/mol.